The number of aliphatic hydroxyl groups excluding tert-OH is 1. The highest BCUT2D eigenvalue weighted by molar-refractivity contribution is 5.83. The van der Waals surface area contributed by atoms with E-state index in [1.165, 1.54) is 0 Å². The van der Waals surface area contributed by atoms with Gasteiger partial charge in [0, 0.05) is 25.7 Å². The molecule has 2 heterocycles. The summed E-state index contributed by atoms with van der Waals surface area (Å²) in [5.74, 6) is -0.166. The van der Waals surface area contributed by atoms with Crippen LogP contribution < -0.4 is 0 Å². The van der Waals surface area contributed by atoms with Crippen molar-refractivity contribution in [1.82, 2.24) is 9.80 Å². The zero-order valence-electron chi connectivity index (χ0n) is 12.5. The molecule has 0 aromatic carbocycles. The van der Waals surface area contributed by atoms with Crippen molar-refractivity contribution in [2.24, 2.45) is 0 Å². The molecule has 2 rings (SSSR count). The van der Waals surface area contributed by atoms with Gasteiger partial charge in [0.15, 0.2) is 0 Å². The molecule has 1 atom stereocenters. The maximum atomic E-state index is 11.9. The van der Waals surface area contributed by atoms with Crippen LogP contribution in [0, 0.1) is 0 Å². The molecule has 1 unspecified atom stereocenters. The predicted molar refractivity (Wildman–Crippen MR) is 73.2 cm³/mol. The van der Waals surface area contributed by atoms with Crippen LogP contribution in [0.15, 0.2) is 0 Å². The summed E-state index contributed by atoms with van der Waals surface area (Å²) in [6.07, 6.45) is 0.892. The molecular weight excluding hydrogens is 260 g/mol. The average molecular weight is 284 g/mol. The smallest absolute Gasteiger partial charge is 0.410 e. The summed E-state index contributed by atoms with van der Waals surface area (Å²) in [6, 6.07) is 0.137. The summed E-state index contributed by atoms with van der Waals surface area (Å²) < 4.78 is 5.34. The van der Waals surface area contributed by atoms with E-state index in [0.29, 0.717) is 26.1 Å². The Morgan fingerprint density at radius 3 is 2.25 bits per heavy atom. The molecule has 1 N–H and O–H groups in total. The van der Waals surface area contributed by atoms with Crippen LogP contribution in [-0.4, -0.2) is 64.3 Å². The number of aliphatic hydroxyl groups is 1. The monoisotopic (exact) mass is 284 g/mol. The number of ether oxygens (including phenoxy) is 1. The van der Waals surface area contributed by atoms with Gasteiger partial charge >= 0.3 is 6.09 Å². The molecule has 0 radical (unpaired) electrons. The van der Waals surface area contributed by atoms with Gasteiger partial charge in [0.25, 0.3) is 5.91 Å². The van der Waals surface area contributed by atoms with Crippen molar-refractivity contribution in [2.75, 3.05) is 19.6 Å². The van der Waals surface area contributed by atoms with E-state index in [-0.39, 0.29) is 18.0 Å². The molecule has 0 aromatic rings. The highest BCUT2D eigenvalue weighted by atomic mass is 16.6. The third-order valence-corrected chi connectivity index (χ3v) is 3.77. The number of likely N-dealkylation sites (tertiary alicyclic amines) is 2. The summed E-state index contributed by atoms with van der Waals surface area (Å²) in [6.45, 7) is 7.36. The highest BCUT2D eigenvalue weighted by Gasteiger charge is 2.37. The fourth-order valence-corrected chi connectivity index (χ4v) is 2.74. The molecule has 2 saturated heterocycles. The van der Waals surface area contributed by atoms with E-state index in [1.54, 1.807) is 9.80 Å². The van der Waals surface area contributed by atoms with Crippen LogP contribution in [0.2, 0.25) is 0 Å². The van der Waals surface area contributed by atoms with Crippen molar-refractivity contribution in [3.05, 3.63) is 0 Å². The van der Waals surface area contributed by atoms with Gasteiger partial charge < -0.3 is 19.6 Å². The quantitative estimate of drug-likeness (QED) is 0.779. The second kappa shape index (κ2) is 5.60. The molecule has 6 heteroatoms. The summed E-state index contributed by atoms with van der Waals surface area (Å²) in [7, 11) is 0. The standard InChI is InChI=1S/C14H24N2O4/c1-14(2,3)20-13(19)15-7-4-10(5-8-15)16-9-6-11(17)12(16)18/h10-11,17H,4-9H2,1-3H3. The van der Waals surface area contributed by atoms with Gasteiger partial charge in [0.2, 0.25) is 0 Å². The second-order valence-corrected chi connectivity index (χ2v) is 6.53. The minimum absolute atomic E-state index is 0.137. The van der Waals surface area contributed by atoms with E-state index >= 15 is 0 Å². The molecule has 0 aliphatic carbocycles. The fourth-order valence-electron chi connectivity index (χ4n) is 2.74. The molecule has 2 amide bonds. The first-order valence-electron chi connectivity index (χ1n) is 7.24. The molecule has 114 valence electrons. The van der Waals surface area contributed by atoms with Crippen molar-refractivity contribution in [2.45, 2.75) is 57.8 Å². The highest BCUT2D eigenvalue weighted by Crippen LogP contribution is 2.23. The normalized spacial score (nSPS) is 25.2. The van der Waals surface area contributed by atoms with E-state index < -0.39 is 11.7 Å². The molecule has 0 bridgehead atoms. The number of hydrogen-bond donors (Lipinski definition) is 1. The third-order valence-electron chi connectivity index (χ3n) is 3.77. The molecule has 0 spiro atoms. The van der Waals surface area contributed by atoms with Crippen LogP contribution >= 0.6 is 0 Å². The first-order valence-corrected chi connectivity index (χ1v) is 7.24. The van der Waals surface area contributed by atoms with Gasteiger partial charge in [-0.2, -0.15) is 0 Å². The predicted octanol–water partition coefficient (Wildman–Crippen LogP) is 0.979. The van der Waals surface area contributed by atoms with Crippen molar-refractivity contribution < 1.29 is 19.4 Å². The van der Waals surface area contributed by atoms with Crippen LogP contribution in [0.4, 0.5) is 4.79 Å². The van der Waals surface area contributed by atoms with Crippen molar-refractivity contribution in [1.29, 1.82) is 0 Å². The second-order valence-electron chi connectivity index (χ2n) is 6.53. The largest absolute Gasteiger partial charge is 0.444 e. The number of carbonyl (C=O) groups is 2. The first-order chi connectivity index (χ1) is 9.28. The Bertz CT molecular complexity index is 383. The van der Waals surface area contributed by atoms with Gasteiger partial charge in [-0.25, -0.2) is 4.79 Å². The minimum atomic E-state index is -0.834. The molecule has 2 aliphatic heterocycles. The summed E-state index contributed by atoms with van der Waals surface area (Å²) >= 11 is 0. The molecule has 2 aliphatic rings. The molecule has 20 heavy (non-hydrogen) atoms. The zero-order valence-corrected chi connectivity index (χ0v) is 12.5. The van der Waals surface area contributed by atoms with Crippen molar-refractivity contribution in [3.63, 3.8) is 0 Å². The van der Waals surface area contributed by atoms with Gasteiger partial charge in [0.1, 0.15) is 11.7 Å². The Balaban J connectivity index is 1.84. The average Bonchev–Trinajstić information content (AvgIpc) is 2.68. The maximum Gasteiger partial charge on any atom is 0.410 e. The molecular formula is C14H24N2O4. The van der Waals surface area contributed by atoms with E-state index in [2.05, 4.69) is 0 Å². The van der Waals surface area contributed by atoms with Gasteiger partial charge in [0.05, 0.1) is 0 Å². The molecule has 0 saturated carbocycles. The minimum Gasteiger partial charge on any atom is -0.444 e. The molecule has 2 fully saturated rings. The van der Waals surface area contributed by atoms with Gasteiger partial charge in [-0.1, -0.05) is 0 Å². The Hall–Kier alpha value is -1.30. The lowest BCUT2D eigenvalue weighted by Gasteiger charge is -2.37. The molecule has 0 aromatic heterocycles. The number of hydrogen-bond acceptors (Lipinski definition) is 4. The van der Waals surface area contributed by atoms with Crippen LogP contribution in [0.25, 0.3) is 0 Å². The maximum absolute atomic E-state index is 11.9. The lowest BCUT2D eigenvalue weighted by Crippen LogP contribution is -2.48. The van der Waals surface area contributed by atoms with Gasteiger partial charge in [-0.3, -0.25) is 4.79 Å². The van der Waals surface area contributed by atoms with Crippen LogP contribution in [0.1, 0.15) is 40.0 Å². The number of piperidine rings is 1. The summed E-state index contributed by atoms with van der Waals surface area (Å²) in [4.78, 5) is 27.2. The Kier molecular flexibility index (Phi) is 4.22. The Morgan fingerprint density at radius 1 is 1.20 bits per heavy atom. The topological polar surface area (TPSA) is 70.1 Å². The van der Waals surface area contributed by atoms with E-state index in [4.69, 9.17) is 4.74 Å². The van der Waals surface area contributed by atoms with E-state index in [0.717, 1.165) is 12.8 Å². The fraction of sp³-hybridized carbons (Fsp3) is 0.857. The Labute approximate surface area is 119 Å². The number of carbonyl (C=O) groups excluding carboxylic acids is 2. The van der Waals surface area contributed by atoms with Crippen molar-refractivity contribution in [3.8, 4) is 0 Å². The summed E-state index contributed by atoms with van der Waals surface area (Å²) in [5, 5.41) is 9.49. The Morgan fingerprint density at radius 2 is 1.80 bits per heavy atom. The lowest BCUT2D eigenvalue weighted by atomic mass is 10.0. The first kappa shape index (κ1) is 15.1. The summed E-state index contributed by atoms with van der Waals surface area (Å²) in [5.41, 5.74) is -0.483. The third kappa shape index (κ3) is 3.42. The van der Waals surface area contributed by atoms with Crippen molar-refractivity contribution >= 4 is 12.0 Å². The van der Waals surface area contributed by atoms with E-state index in [9.17, 15) is 14.7 Å². The van der Waals surface area contributed by atoms with Gasteiger partial charge in [-0.15, -0.1) is 0 Å². The number of amides is 2. The SMILES string of the molecule is CC(C)(C)OC(=O)N1CCC(N2CCC(O)C2=O)CC1. The lowest BCUT2D eigenvalue weighted by molar-refractivity contribution is -0.137. The van der Waals surface area contributed by atoms with Crippen LogP contribution in [-0.2, 0) is 9.53 Å². The number of rotatable bonds is 1. The van der Waals surface area contributed by atoms with Crippen LogP contribution in [0.5, 0.6) is 0 Å². The van der Waals surface area contributed by atoms with Gasteiger partial charge in [-0.05, 0) is 40.0 Å². The van der Waals surface area contributed by atoms with E-state index in [1.807, 2.05) is 20.8 Å². The zero-order chi connectivity index (χ0) is 14.9. The molecule has 6 nitrogen and oxygen atoms in total. The van der Waals surface area contributed by atoms with Crippen LogP contribution in [0.3, 0.4) is 0 Å². The number of nitrogens with zero attached hydrogens (tertiary/aromatic N) is 2.